The van der Waals surface area contributed by atoms with Crippen molar-refractivity contribution in [3.8, 4) is 0 Å². The van der Waals surface area contributed by atoms with Crippen LogP contribution >= 0.6 is 11.8 Å². The Kier molecular flexibility index (Phi) is 6.03. The van der Waals surface area contributed by atoms with Crippen molar-refractivity contribution in [3.63, 3.8) is 0 Å². The maximum Gasteiger partial charge on any atom is 0.307 e. The van der Waals surface area contributed by atoms with E-state index >= 15 is 0 Å². The Bertz CT molecular complexity index is 134. The SMILES string of the molecule is C=CCCSCC(C)C(=O)O. The largest absolute Gasteiger partial charge is 0.481 e. The Balaban J connectivity index is 3.24. The zero-order valence-corrected chi connectivity index (χ0v) is 7.56. The van der Waals surface area contributed by atoms with Crippen LogP contribution in [0.2, 0.25) is 0 Å². The molecule has 0 radical (unpaired) electrons. The van der Waals surface area contributed by atoms with Crippen molar-refractivity contribution in [2.75, 3.05) is 11.5 Å². The summed E-state index contributed by atoms with van der Waals surface area (Å²) >= 11 is 1.66. The van der Waals surface area contributed by atoms with E-state index in [4.69, 9.17) is 5.11 Å². The van der Waals surface area contributed by atoms with E-state index in [9.17, 15) is 4.79 Å². The van der Waals surface area contributed by atoms with Gasteiger partial charge in [-0.2, -0.15) is 11.8 Å². The summed E-state index contributed by atoms with van der Waals surface area (Å²) in [6.07, 6.45) is 2.80. The van der Waals surface area contributed by atoms with Gasteiger partial charge in [0.1, 0.15) is 0 Å². The van der Waals surface area contributed by atoms with Gasteiger partial charge >= 0.3 is 5.97 Å². The lowest BCUT2D eigenvalue weighted by molar-refractivity contribution is -0.140. The average molecular weight is 174 g/mol. The van der Waals surface area contributed by atoms with Crippen LogP contribution in [0.5, 0.6) is 0 Å². The zero-order valence-electron chi connectivity index (χ0n) is 6.75. The summed E-state index contributed by atoms with van der Waals surface area (Å²) in [5.74, 6) is 0.727. The summed E-state index contributed by atoms with van der Waals surface area (Å²) < 4.78 is 0. The molecule has 0 aromatic carbocycles. The molecule has 1 N–H and O–H groups in total. The van der Waals surface area contributed by atoms with Crippen LogP contribution in [-0.4, -0.2) is 22.6 Å². The first kappa shape index (κ1) is 10.6. The quantitative estimate of drug-likeness (QED) is 0.494. The van der Waals surface area contributed by atoms with Crippen LogP contribution in [0.1, 0.15) is 13.3 Å². The number of allylic oxidation sites excluding steroid dienone is 1. The van der Waals surface area contributed by atoms with E-state index in [-0.39, 0.29) is 5.92 Å². The highest BCUT2D eigenvalue weighted by atomic mass is 32.2. The lowest BCUT2D eigenvalue weighted by Gasteiger charge is -2.03. The molecule has 1 unspecified atom stereocenters. The number of carbonyl (C=O) groups is 1. The van der Waals surface area contributed by atoms with Crippen LogP contribution in [-0.2, 0) is 4.79 Å². The van der Waals surface area contributed by atoms with Gasteiger partial charge in [-0.1, -0.05) is 13.0 Å². The molecule has 0 fully saturated rings. The Labute approximate surface area is 71.7 Å². The average Bonchev–Trinajstić information content (AvgIpc) is 1.97. The Hall–Kier alpha value is -0.440. The molecule has 0 amide bonds. The Morgan fingerprint density at radius 3 is 2.91 bits per heavy atom. The minimum absolute atomic E-state index is 0.232. The fourth-order valence-corrected chi connectivity index (χ4v) is 1.49. The molecule has 1 atom stereocenters. The zero-order chi connectivity index (χ0) is 8.69. The van der Waals surface area contributed by atoms with E-state index in [0.717, 1.165) is 12.2 Å². The molecular weight excluding hydrogens is 160 g/mol. The molecule has 0 rings (SSSR count). The predicted molar refractivity (Wildman–Crippen MR) is 48.9 cm³/mol. The van der Waals surface area contributed by atoms with Crippen LogP contribution < -0.4 is 0 Å². The summed E-state index contributed by atoms with van der Waals surface area (Å²) in [4.78, 5) is 10.3. The lowest BCUT2D eigenvalue weighted by atomic mass is 10.2. The summed E-state index contributed by atoms with van der Waals surface area (Å²) in [6, 6.07) is 0. The molecule has 0 aromatic heterocycles. The number of carboxylic acid groups (broad SMARTS) is 1. The molecule has 0 aliphatic rings. The van der Waals surface area contributed by atoms with Crippen LogP contribution in [0.25, 0.3) is 0 Å². The van der Waals surface area contributed by atoms with Gasteiger partial charge in [0.25, 0.3) is 0 Å². The second kappa shape index (κ2) is 6.28. The van der Waals surface area contributed by atoms with E-state index in [1.165, 1.54) is 0 Å². The first-order valence-corrected chi connectivity index (χ1v) is 4.75. The van der Waals surface area contributed by atoms with Crippen molar-refractivity contribution < 1.29 is 9.90 Å². The van der Waals surface area contributed by atoms with Crippen LogP contribution in [0.4, 0.5) is 0 Å². The minimum Gasteiger partial charge on any atom is -0.481 e. The highest BCUT2D eigenvalue weighted by molar-refractivity contribution is 7.99. The number of hydrogen-bond donors (Lipinski definition) is 1. The van der Waals surface area contributed by atoms with Gasteiger partial charge in [0.05, 0.1) is 5.92 Å². The van der Waals surface area contributed by atoms with E-state index in [2.05, 4.69) is 6.58 Å². The van der Waals surface area contributed by atoms with Crippen LogP contribution in [0, 0.1) is 5.92 Å². The van der Waals surface area contributed by atoms with Crippen molar-refractivity contribution >= 4 is 17.7 Å². The van der Waals surface area contributed by atoms with Gasteiger partial charge < -0.3 is 5.11 Å². The molecule has 0 saturated heterocycles. The normalized spacial score (nSPS) is 12.5. The summed E-state index contributed by atoms with van der Waals surface area (Å²) in [7, 11) is 0. The van der Waals surface area contributed by atoms with Gasteiger partial charge in [0, 0.05) is 5.75 Å². The highest BCUT2D eigenvalue weighted by Crippen LogP contribution is 2.09. The molecular formula is C8H14O2S. The highest BCUT2D eigenvalue weighted by Gasteiger charge is 2.09. The Morgan fingerprint density at radius 1 is 1.82 bits per heavy atom. The number of thioether (sulfide) groups is 1. The van der Waals surface area contributed by atoms with Crippen LogP contribution in [0.15, 0.2) is 12.7 Å². The van der Waals surface area contributed by atoms with Crippen molar-refractivity contribution in [1.82, 2.24) is 0 Å². The first-order valence-electron chi connectivity index (χ1n) is 3.60. The van der Waals surface area contributed by atoms with Gasteiger partial charge in [-0.15, -0.1) is 6.58 Å². The van der Waals surface area contributed by atoms with Gasteiger partial charge in [-0.05, 0) is 12.2 Å². The fraction of sp³-hybridized carbons (Fsp3) is 0.625. The maximum absolute atomic E-state index is 10.3. The Morgan fingerprint density at radius 2 is 2.45 bits per heavy atom. The van der Waals surface area contributed by atoms with E-state index < -0.39 is 5.97 Å². The van der Waals surface area contributed by atoms with Gasteiger partial charge in [0.2, 0.25) is 0 Å². The minimum atomic E-state index is -0.712. The predicted octanol–water partition coefficient (Wildman–Crippen LogP) is 2.02. The number of hydrogen-bond acceptors (Lipinski definition) is 2. The topological polar surface area (TPSA) is 37.3 Å². The molecule has 0 spiro atoms. The van der Waals surface area contributed by atoms with E-state index in [0.29, 0.717) is 5.75 Å². The summed E-state index contributed by atoms with van der Waals surface area (Å²) in [6.45, 7) is 5.31. The molecule has 3 heteroatoms. The third kappa shape index (κ3) is 5.98. The lowest BCUT2D eigenvalue weighted by Crippen LogP contribution is -2.11. The van der Waals surface area contributed by atoms with Gasteiger partial charge in [-0.3, -0.25) is 4.79 Å². The van der Waals surface area contributed by atoms with E-state index in [1.54, 1.807) is 18.7 Å². The number of aliphatic carboxylic acids is 1. The molecule has 0 heterocycles. The maximum atomic E-state index is 10.3. The van der Waals surface area contributed by atoms with Gasteiger partial charge in [-0.25, -0.2) is 0 Å². The van der Waals surface area contributed by atoms with E-state index in [1.807, 2.05) is 6.08 Å². The standard InChI is InChI=1S/C8H14O2S/c1-3-4-5-11-6-7(2)8(9)10/h3,7H,1,4-6H2,2H3,(H,9,10). The van der Waals surface area contributed by atoms with Crippen molar-refractivity contribution in [2.24, 2.45) is 5.92 Å². The summed E-state index contributed by atoms with van der Waals surface area (Å²) in [5.41, 5.74) is 0. The molecule has 0 bridgehead atoms. The smallest absolute Gasteiger partial charge is 0.307 e. The third-order valence-electron chi connectivity index (χ3n) is 1.26. The molecule has 0 aromatic rings. The van der Waals surface area contributed by atoms with Crippen molar-refractivity contribution in [1.29, 1.82) is 0 Å². The van der Waals surface area contributed by atoms with Gasteiger partial charge in [0.15, 0.2) is 0 Å². The second-order valence-electron chi connectivity index (χ2n) is 2.39. The molecule has 0 saturated carbocycles. The first-order chi connectivity index (χ1) is 5.18. The summed E-state index contributed by atoms with van der Waals surface area (Å²) in [5, 5.41) is 8.51. The fourth-order valence-electron chi connectivity index (χ4n) is 0.498. The van der Waals surface area contributed by atoms with Crippen molar-refractivity contribution in [3.05, 3.63) is 12.7 Å². The number of carboxylic acids is 1. The third-order valence-corrected chi connectivity index (χ3v) is 2.52. The molecule has 0 aliphatic heterocycles. The second-order valence-corrected chi connectivity index (χ2v) is 3.54. The van der Waals surface area contributed by atoms with Crippen LogP contribution in [0.3, 0.4) is 0 Å². The molecule has 64 valence electrons. The monoisotopic (exact) mass is 174 g/mol. The number of rotatable bonds is 6. The molecule has 11 heavy (non-hydrogen) atoms. The molecule has 2 nitrogen and oxygen atoms in total. The molecule has 0 aliphatic carbocycles. The van der Waals surface area contributed by atoms with Crippen molar-refractivity contribution in [2.45, 2.75) is 13.3 Å².